The van der Waals surface area contributed by atoms with E-state index < -0.39 is 0 Å². The van der Waals surface area contributed by atoms with Crippen molar-refractivity contribution in [1.82, 2.24) is 19.9 Å². The first-order valence-corrected chi connectivity index (χ1v) is 24.3. The highest BCUT2D eigenvalue weighted by atomic mass is 15.2. The van der Waals surface area contributed by atoms with E-state index in [0.29, 0.717) is 37.4 Å². The number of hydrogen-bond donors (Lipinski definition) is 4. The maximum Gasteiger partial charge on any atom is 0.225 e. The average molecular weight is 901 g/mol. The largest absolute Gasteiger partial charge is 0.366 e. The van der Waals surface area contributed by atoms with E-state index in [1.807, 2.05) is 0 Å². The molecule has 8 aromatic carbocycles. The maximum absolute atomic E-state index is 5.49. The number of fused-ring (bicyclic) bond motifs is 3. The van der Waals surface area contributed by atoms with Gasteiger partial charge in [-0.05, 0) is 66.1 Å². The molecule has 0 radical (unpaired) electrons. The molecule has 4 N–H and O–H groups in total. The minimum Gasteiger partial charge on any atom is -0.366 e. The SMILES string of the molecule is CC(C)CNc1nc(NCc2cccc3ccccc23)cc(C2[C@@H](c3ccccc3)C(c3cc(NCc4cccc5ccccc45)nc(NCc4cccc5ccccc45)n3)[C@@H]2c2ccccc2)n1. The fraction of sp³-hybridized carbons (Fsp3) is 0.180. The first-order chi connectivity index (χ1) is 34.0. The van der Waals surface area contributed by atoms with E-state index >= 15 is 0 Å². The molecular formula is C61H56N8. The first-order valence-electron chi connectivity index (χ1n) is 24.3. The molecule has 340 valence electrons. The van der Waals surface area contributed by atoms with Crippen molar-refractivity contribution in [2.45, 2.75) is 57.2 Å². The van der Waals surface area contributed by atoms with E-state index in [1.165, 1.54) is 60.1 Å². The lowest BCUT2D eigenvalue weighted by atomic mass is 9.50. The van der Waals surface area contributed by atoms with Crippen LogP contribution in [0.5, 0.6) is 0 Å². The van der Waals surface area contributed by atoms with Crippen molar-refractivity contribution in [1.29, 1.82) is 0 Å². The minimum absolute atomic E-state index is 0.00495. The van der Waals surface area contributed by atoms with Crippen LogP contribution in [-0.4, -0.2) is 26.5 Å². The van der Waals surface area contributed by atoms with Gasteiger partial charge in [0.2, 0.25) is 11.9 Å². The van der Waals surface area contributed by atoms with Gasteiger partial charge in [-0.3, -0.25) is 0 Å². The van der Waals surface area contributed by atoms with Crippen molar-refractivity contribution in [3.05, 3.63) is 239 Å². The summed E-state index contributed by atoms with van der Waals surface area (Å²) in [5.41, 5.74) is 8.08. The Labute approximate surface area is 404 Å². The summed E-state index contributed by atoms with van der Waals surface area (Å²) < 4.78 is 0. The summed E-state index contributed by atoms with van der Waals surface area (Å²) in [6.07, 6.45) is 0. The molecule has 0 bridgehead atoms. The molecule has 1 aliphatic carbocycles. The lowest BCUT2D eigenvalue weighted by molar-refractivity contribution is 0.220. The van der Waals surface area contributed by atoms with Gasteiger partial charge in [0.15, 0.2) is 0 Å². The fourth-order valence-corrected chi connectivity index (χ4v) is 10.5. The monoisotopic (exact) mass is 900 g/mol. The number of nitrogens with one attached hydrogen (secondary N) is 4. The predicted octanol–water partition coefficient (Wildman–Crippen LogP) is 14.1. The lowest BCUT2D eigenvalue weighted by Gasteiger charge is -2.52. The van der Waals surface area contributed by atoms with Crippen LogP contribution in [0.3, 0.4) is 0 Å². The molecule has 0 spiro atoms. The van der Waals surface area contributed by atoms with Crippen LogP contribution >= 0.6 is 0 Å². The molecule has 0 unspecified atom stereocenters. The number of anilines is 4. The predicted molar refractivity (Wildman–Crippen MR) is 285 cm³/mol. The summed E-state index contributed by atoms with van der Waals surface area (Å²) in [6.45, 7) is 6.99. The van der Waals surface area contributed by atoms with Crippen molar-refractivity contribution in [2.75, 3.05) is 27.8 Å². The van der Waals surface area contributed by atoms with Crippen LogP contribution in [0.15, 0.2) is 200 Å². The Kier molecular flexibility index (Phi) is 12.4. The zero-order valence-corrected chi connectivity index (χ0v) is 39.1. The van der Waals surface area contributed by atoms with Gasteiger partial charge in [0.25, 0.3) is 0 Å². The highest BCUT2D eigenvalue weighted by molar-refractivity contribution is 5.87. The maximum atomic E-state index is 5.49. The van der Waals surface area contributed by atoms with Crippen molar-refractivity contribution < 1.29 is 0 Å². The van der Waals surface area contributed by atoms with Crippen LogP contribution in [-0.2, 0) is 19.6 Å². The van der Waals surface area contributed by atoms with E-state index in [-0.39, 0.29) is 23.7 Å². The number of nitrogens with zero attached hydrogens (tertiary/aromatic N) is 4. The van der Waals surface area contributed by atoms with E-state index in [1.54, 1.807) is 0 Å². The molecule has 0 amide bonds. The van der Waals surface area contributed by atoms with Gasteiger partial charge < -0.3 is 21.3 Å². The van der Waals surface area contributed by atoms with E-state index in [4.69, 9.17) is 19.9 Å². The molecule has 2 heterocycles. The summed E-state index contributed by atoms with van der Waals surface area (Å²) in [7, 11) is 0. The summed E-state index contributed by atoms with van der Waals surface area (Å²) in [4.78, 5) is 21.2. The van der Waals surface area contributed by atoms with Gasteiger partial charge in [-0.2, -0.15) is 9.97 Å². The molecule has 69 heavy (non-hydrogen) atoms. The van der Waals surface area contributed by atoms with Crippen LogP contribution in [0.4, 0.5) is 23.5 Å². The second-order valence-corrected chi connectivity index (χ2v) is 18.7. The number of benzene rings is 8. The van der Waals surface area contributed by atoms with Crippen molar-refractivity contribution in [3.63, 3.8) is 0 Å². The van der Waals surface area contributed by atoms with Crippen molar-refractivity contribution >= 4 is 55.8 Å². The molecule has 1 saturated carbocycles. The quantitative estimate of drug-likeness (QED) is 0.0761. The Morgan fingerprint density at radius 1 is 0.362 bits per heavy atom. The third kappa shape index (κ3) is 9.31. The average Bonchev–Trinajstić information content (AvgIpc) is 3.39. The Balaban J connectivity index is 1.01. The van der Waals surface area contributed by atoms with Crippen LogP contribution in [0.2, 0.25) is 0 Å². The first kappa shape index (κ1) is 43.5. The van der Waals surface area contributed by atoms with Gasteiger partial charge in [0.05, 0.1) is 11.4 Å². The zero-order valence-electron chi connectivity index (χ0n) is 39.1. The molecule has 1 fully saturated rings. The lowest BCUT2D eigenvalue weighted by Crippen LogP contribution is -2.41. The number of hydrogen-bond acceptors (Lipinski definition) is 8. The summed E-state index contributed by atoms with van der Waals surface area (Å²) in [6, 6.07) is 71.4. The van der Waals surface area contributed by atoms with Gasteiger partial charge in [-0.1, -0.05) is 202 Å². The molecule has 10 aromatic rings. The van der Waals surface area contributed by atoms with E-state index in [0.717, 1.165) is 29.6 Å². The number of aromatic nitrogens is 4. The third-order valence-electron chi connectivity index (χ3n) is 13.8. The summed E-state index contributed by atoms with van der Waals surface area (Å²) in [5, 5.41) is 22.1. The van der Waals surface area contributed by atoms with Crippen LogP contribution in [0, 0.1) is 5.92 Å². The minimum atomic E-state index is -0.0202. The van der Waals surface area contributed by atoms with Crippen molar-refractivity contribution in [3.8, 4) is 0 Å². The Morgan fingerprint density at radius 2 is 0.725 bits per heavy atom. The molecule has 11 rings (SSSR count). The molecule has 2 aromatic heterocycles. The van der Waals surface area contributed by atoms with Crippen molar-refractivity contribution in [2.24, 2.45) is 5.92 Å². The van der Waals surface area contributed by atoms with Crippen LogP contribution < -0.4 is 21.3 Å². The second kappa shape index (κ2) is 19.6. The second-order valence-electron chi connectivity index (χ2n) is 18.7. The number of rotatable bonds is 16. The van der Waals surface area contributed by atoms with Gasteiger partial charge >= 0.3 is 0 Å². The standard InChI is InChI=1S/C61H56N8/c1-40(2)36-64-60-66-52(34-54(68-60)62-37-46-28-15-25-41-18-9-12-31-49(41)46)58-56(44-21-5-3-6-22-44)59(57(58)45-23-7-4-8-24-45)53-35-55(63-38-47-29-16-26-42-19-10-13-32-50(42)47)69-61(67-53)65-39-48-30-17-27-43-20-11-14-33-51(43)48/h3-35,40,56-59H,36-39H2,1-2H3,(H2,62,64,66,68)(H2,63,65,67,69)/t56-,57-,58?,59?/m1/s1. The van der Waals surface area contributed by atoms with Gasteiger partial charge in [-0.25, -0.2) is 9.97 Å². The topological polar surface area (TPSA) is 99.7 Å². The smallest absolute Gasteiger partial charge is 0.225 e. The summed E-state index contributed by atoms with van der Waals surface area (Å²) >= 11 is 0. The Bertz CT molecular complexity index is 3210. The molecule has 0 saturated heterocycles. The Morgan fingerprint density at radius 3 is 1.14 bits per heavy atom. The van der Waals surface area contributed by atoms with E-state index in [2.05, 4.69) is 235 Å². The molecule has 1 aliphatic rings. The molecular weight excluding hydrogens is 845 g/mol. The summed E-state index contributed by atoms with van der Waals surface area (Å²) in [5.74, 6) is 3.24. The zero-order chi connectivity index (χ0) is 46.5. The third-order valence-corrected chi connectivity index (χ3v) is 13.8. The molecule has 2 atom stereocenters. The van der Waals surface area contributed by atoms with Gasteiger partial charge in [0.1, 0.15) is 11.6 Å². The van der Waals surface area contributed by atoms with Gasteiger partial charge in [0, 0.05) is 62.0 Å². The Hall–Kier alpha value is -8.10. The highest BCUT2D eigenvalue weighted by Gasteiger charge is 2.54. The van der Waals surface area contributed by atoms with Gasteiger partial charge in [-0.15, -0.1) is 0 Å². The normalized spacial score (nSPS) is 16.6. The fourth-order valence-electron chi connectivity index (χ4n) is 10.5. The van der Waals surface area contributed by atoms with Crippen LogP contribution in [0.1, 0.15) is 76.7 Å². The molecule has 0 aliphatic heterocycles. The van der Waals surface area contributed by atoms with Crippen LogP contribution in [0.25, 0.3) is 32.3 Å². The molecule has 8 nitrogen and oxygen atoms in total. The van der Waals surface area contributed by atoms with E-state index in [9.17, 15) is 0 Å². The highest BCUT2D eigenvalue weighted by Crippen LogP contribution is 2.66. The molecule has 8 heteroatoms.